The molecule has 0 radical (unpaired) electrons. The molecule has 0 saturated carbocycles. The zero-order valence-electron chi connectivity index (χ0n) is 7.23. The van der Waals surface area contributed by atoms with Crippen molar-refractivity contribution in [3.8, 4) is 12.3 Å². The Labute approximate surface area is 76.9 Å². The first-order valence-corrected chi connectivity index (χ1v) is 4.00. The molecule has 0 spiro atoms. The Bertz CT molecular complexity index is 297. The summed E-state index contributed by atoms with van der Waals surface area (Å²) in [6, 6.07) is 1.82. The summed E-state index contributed by atoms with van der Waals surface area (Å²) in [5.41, 5.74) is 0. The van der Waals surface area contributed by atoms with Crippen LogP contribution in [-0.2, 0) is 11.3 Å². The van der Waals surface area contributed by atoms with Crippen molar-refractivity contribution in [3.63, 3.8) is 0 Å². The van der Waals surface area contributed by atoms with Gasteiger partial charge in [0.25, 0.3) is 0 Å². The summed E-state index contributed by atoms with van der Waals surface area (Å²) in [6.07, 6.45) is 8.89. The average Bonchev–Trinajstić information content (AvgIpc) is 2.64. The molecular weight excluding hydrogens is 166 g/mol. The van der Waals surface area contributed by atoms with Crippen LogP contribution in [0.2, 0.25) is 0 Å². The van der Waals surface area contributed by atoms with Gasteiger partial charge in [-0.3, -0.25) is 9.48 Å². The Balaban J connectivity index is 2.20. The highest BCUT2D eigenvalue weighted by molar-refractivity contribution is 5.76. The smallest absolute Gasteiger partial charge is 0.222 e. The molecule has 0 aliphatic rings. The number of rotatable bonds is 4. The summed E-state index contributed by atoms with van der Waals surface area (Å²) < 4.78 is 1.70. The molecule has 1 heterocycles. The second-order valence-electron chi connectivity index (χ2n) is 2.50. The molecule has 1 N–H and O–H groups in total. The van der Waals surface area contributed by atoms with Gasteiger partial charge >= 0.3 is 0 Å². The van der Waals surface area contributed by atoms with E-state index < -0.39 is 0 Å². The minimum absolute atomic E-state index is 0.0477. The van der Waals surface area contributed by atoms with Gasteiger partial charge in [-0.25, -0.2) is 0 Å². The Kier molecular flexibility index (Phi) is 3.58. The van der Waals surface area contributed by atoms with E-state index in [1.165, 1.54) is 0 Å². The number of hydrogen-bond donors (Lipinski definition) is 1. The van der Waals surface area contributed by atoms with Gasteiger partial charge in [-0.2, -0.15) is 5.10 Å². The third kappa shape index (κ3) is 3.43. The van der Waals surface area contributed by atoms with E-state index in [4.69, 9.17) is 6.42 Å². The second kappa shape index (κ2) is 4.99. The summed E-state index contributed by atoms with van der Waals surface area (Å²) in [6.45, 7) is 0.876. The molecule has 0 aliphatic heterocycles. The number of hydrogen-bond acceptors (Lipinski definition) is 2. The molecule has 1 aromatic rings. The van der Waals surface area contributed by atoms with Gasteiger partial charge in [-0.05, 0) is 6.07 Å². The van der Waals surface area contributed by atoms with E-state index in [1.54, 1.807) is 10.9 Å². The van der Waals surface area contributed by atoms with Gasteiger partial charge in [0.1, 0.15) is 0 Å². The van der Waals surface area contributed by atoms with Gasteiger partial charge in [-0.15, -0.1) is 6.42 Å². The molecular formula is C9H11N3O. The number of aromatic nitrogens is 2. The van der Waals surface area contributed by atoms with E-state index in [0.717, 1.165) is 0 Å². The lowest BCUT2D eigenvalue weighted by Crippen LogP contribution is -2.24. The molecule has 68 valence electrons. The van der Waals surface area contributed by atoms with E-state index in [1.807, 2.05) is 12.3 Å². The van der Waals surface area contributed by atoms with Crippen molar-refractivity contribution in [2.24, 2.45) is 0 Å². The highest BCUT2D eigenvalue weighted by Crippen LogP contribution is 1.88. The van der Waals surface area contributed by atoms with Gasteiger partial charge in [-0.1, -0.05) is 5.92 Å². The van der Waals surface area contributed by atoms with Gasteiger partial charge in [0.05, 0.1) is 6.54 Å². The van der Waals surface area contributed by atoms with Crippen LogP contribution in [-0.4, -0.2) is 22.2 Å². The largest absolute Gasteiger partial charge is 0.345 e. The number of nitrogens with one attached hydrogen (secondary N) is 1. The van der Waals surface area contributed by atoms with Crippen LogP contribution >= 0.6 is 0 Å². The van der Waals surface area contributed by atoms with Gasteiger partial charge in [0, 0.05) is 25.4 Å². The van der Waals surface area contributed by atoms with Crippen LogP contribution in [0.3, 0.4) is 0 Å². The van der Waals surface area contributed by atoms with Crippen LogP contribution in [0, 0.1) is 12.3 Å². The topological polar surface area (TPSA) is 46.9 Å². The molecule has 13 heavy (non-hydrogen) atoms. The van der Waals surface area contributed by atoms with E-state index in [9.17, 15) is 4.79 Å². The fraction of sp³-hybridized carbons (Fsp3) is 0.333. The molecule has 1 rings (SSSR count). The van der Waals surface area contributed by atoms with Crippen LogP contribution < -0.4 is 5.32 Å². The predicted molar refractivity (Wildman–Crippen MR) is 48.7 cm³/mol. The monoisotopic (exact) mass is 177 g/mol. The number of aryl methyl sites for hydroxylation is 1. The number of nitrogens with zero attached hydrogens (tertiary/aromatic N) is 2. The van der Waals surface area contributed by atoms with Gasteiger partial charge < -0.3 is 5.32 Å². The number of carbonyl (C=O) groups excluding carboxylic acids is 1. The highest BCUT2D eigenvalue weighted by atomic mass is 16.1. The van der Waals surface area contributed by atoms with E-state index in [-0.39, 0.29) is 12.5 Å². The van der Waals surface area contributed by atoms with Gasteiger partial charge in [0.2, 0.25) is 5.91 Å². The van der Waals surface area contributed by atoms with Crippen molar-refractivity contribution in [3.05, 3.63) is 18.5 Å². The molecule has 0 aromatic carbocycles. The van der Waals surface area contributed by atoms with Crippen molar-refractivity contribution >= 4 is 5.91 Å². The SMILES string of the molecule is C#CCNC(=O)CCn1cccn1. The minimum atomic E-state index is -0.0477. The third-order valence-corrected chi connectivity index (χ3v) is 1.51. The van der Waals surface area contributed by atoms with Crippen LogP contribution in [0.1, 0.15) is 6.42 Å². The van der Waals surface area contributed by atoms with Crippen molar-refractivity contribution in [1.29, 1.82) is 0 Å². The fourth-order valence-electron chi connectivity index (χ4n) is 0.887. The molecule has 1 aromatic heterocycles. The maximum Gasteiger partial charge on any atom is 0.222 e. The highest BCUT2D eigenvalue weighted by Gasteiger charge is 1.99. The summed E-state index contributed by atoms with van der Waals surface area (Å²) in [4.78, 5) is 11.0. The molecule has 0 bridgehead atoms. The average molecular weight is 177 g/mol. The molecule has 0 unspecified atom stereocenters. The van der Waals surface area contributed by atoms with Crippen molar-refractivity contribution in [1.82, 2.24) is 15.1 Å². The summed E-state index contributed by atoms with van der Waals surface area (Å²) in [5.74, 6) is 2.29. The summed E-state index contributed by atoms with van der Waals surface area (Å²) in [5, 5.41) is 6.54. The molecule has 0 aliphatic carbocycles. The number of amides is 1. The Morgan fingerprint density at radius 3 is 3.15 bits per heavy atom. The third-order valence-electron chi connectivity index (χ3n) is 1.51. The zero-order valence-corrected chi connectivity index (χ0v) is 7.23. The minimum Gasteiger partial charge on any atom is -0.345 e. The van der Waals surface area contributed by atoms with Crippen LogP contribution in [0.5, 0.6) is 0 Å². The first-order valence-electron chi connectivity index (χ1n) is 4.00. The van der Waals surface area contributed by atoms with Crippen molar-refractivity contribution in [2.75, 3.05) is 6.54 Å². The lowest BCUT2D eigenvalue weighted by molar-refractivity contribution is -0.121. The predicted octanol–water partition coefficient (Wildman–Crippen LogP) is 0.0226. The Morgan fingerprint density at radius 1 is 1.69 bits per heavy atom. The Hall–Kier alpha value is -1.76. The molecule has 4 nitrogen and oxygen atoms in total. The first kappa shape index (κ1) is 9.33. The summed E-state index contributed by atoms with van der Waals surface area (Å²) >= 11 is 0. The zero-order chi connectivity index (χ0) is 9.52. The van der Waals surface area contributed by atoms with Crippen molar-refractivity contribution < 1.29 is 4.79 Å². The van der Waals surface area contributed by atoms with Crippen LogP contribution in [0.25, 0.3) is 0 Å². The van der Waals surface area contributed by atoms with Crippen molar-refractivity contribution in [2.45, 2.75) is 13.0 Å². The maximum atomic E-state index is 11.0. The molecule has 0 atom stereocenters. The lowest BCUT2D eigenvalue weighted by Gasteiger charge is -2.01. The second-order valence-corrected chi connectivity index (χ2v) is 2.50. The maximum absolute atomic E-state index is 11.0. The fourth-order valence-corrected chi connectivity index (χ4v) is 0.887. The van der Waals surface area contributed by atoms with E-state index >= 15 is 0 Å². The van der Waals surface area contributed by atoms with Crippen LogP contribution in [0.15, 0.2) is 18.5 Å². The molecule has 0 fully saturated rings. The normalized spacial score (nSPS) is 9.15. The van der Waals surface area contributed by atoms with E-state index in [0.29, 0.717) is 13.0 Å². The molecule has 0 saturated heterocycles. The Morgan fingerprint density at radius 2 is 2.54 bits per heavy atom. The molecule has 1 amide bonds. The quantitative estimate of drug-likeness (QED) is 0.659. The van der Waals surface area contributed by atoms with E-state index in [2.05, 4.69) is 16.3 Å². The van der Waals surface area contributed by atoms with Gasteiger partial charge in [0.15, 0.2) is 0 Å². The lowest BCUT2D eigenvalue weighted by atomic mass is 10.4. The van der Waals surface area contributed by atoms with Crippen LogP contribution in [0.4, 0.5) is 0 Å². The standard InChI is InChI=1S/C9H11N3O/c1-2-5-10-9(13)4-8-12-7-3-6-11-12/h1,3,6-7H,4-5,8H2,(H,10,13). The number of terminal acetylenes is 1. The number of carbonyl (C=O) groups is 1. The summed E-state index contributed by atoms with van der Waals surface area (Å²) in [7, 11) is 0. The first-order chi connectivity index (χ1) is 6.33. The molecule has 4 heteroatoms.